The van der Waals surface area contributed by atoms with Gasteiger partial charge in [0.1, 0.15) is 6.04 Å². The van der Waals surface area contributed by atoms with Gasteiger partial charge in [-0.25, -0.2) is 0 Å². The van der Waals surface area contributed by atoms with Gasteiger partial charge in [-0.3, -0.25) is 14.4 Å². The number of nitrogens with zero attached hydrogens (tertiary/aromatic N) is 3. The van der Waals surface area contributed by atoms with Crippen molar-refractivity contribution in [3.63, 3.8) is 0 Å². The summed E-state index contributed by atoms with van der Waals surface area (Å²) >= 11 is 5.48. The Morgan fingerprint density at radius 3 is 2.31 bits per heavy atom. The summed E-state index contributed by atoms with van der Waals surface area (Å²) in [4.78, 5) is 48.9. The van der Waals surface area contributed by atoms with Crippen molar-refractivity contribution in [3.8, 4) is 0 Å². The number of anilines is 1. The third-order valence-electron chi connectivity index (χ3n) is 8.90. The molecule has 7 atom stereocenters. The van der Waals surface area contributed by atoms with Crippen molar-refractivity contribution in [3.05, 3.63) is 55.6 Å². The van der Waals surface area contributed by atoms with Crippen LogP contribution in [-0.4, -0.2) is 84.8 Å². The lowest BCUT2D eigenvalue weighted by Gasteiger charge is -2.46. The second kappa shape index (κ2) is 12.1. The molecule has 230 valence electrons. The van der Waals surface area contributed by atoms with Gasteiger partial charge in [-0.2, -0.15) is 0 Å². The van der Waals surface area contributed by atoms with Crippen molar-refractivity contribution < 1.29 is 19.5 Å². The lowest BCUT2D eigenvalue weighted by atomic mass is 9.70. The molecule has 4 rings (SSSR count). The summed E-state index contributed by atoms with van der Waals surface area (Å²) in [5, 5.41) is 10.1. The second-order valence-electron chi connectivity index (χ2n) is 13.8. The molecule has 1 aromatic rings. The summed E-state index contributed by atoms with van der Waals surface area (Å²) in [6.45, 7) is 20.6. The van der Waals surface area contributed by atoms with E-state index in [1.807, 2.05) is 35.2 Å². The number of rotatable bonds is 11. The van der Waals surface area contributed by atoms with Crippen molar-refractivity contribution >= 4 is 51.1 Å². The molecule has 0 saturated carbocycles. The van der Waals surface area contributed by atoms with Gasteiger partial charge in [-0.15, -0.1) is 24.9 Å². The minimum atomic E-state index is -0.811. The molecule has 3 amide bonds. The fraction of sp³-hybridized carbons (Fsp3) is 0.606. The Morgan fingerprint density at radius 2 is 1.76 bits per heavy atom. The summed E-state index contributed by atoms with van der Waals surface area (Å²) in [6.07, 6.45) is 4.76. The van der Waals surface area contributed by atoms with E-state index in [1.165, 1.54) is 0 Å². The largest absolute Gasteiger partial charge is 0.394 e. The molecule has 2 bridgehead atoms. The number of hydrogen-bond donors (Lipinski definition) is 1. The van der Waals surface area contributed by atoms with Gasteiger partial charge in [0.05, 0.1) is 29.2 Å². The van der Waals surface area contributed by atoms with E-state index < -0.39 is 34.2 Å². The number of aliphatic hydroxyl groups excluding tert-OH is 1. The van der Waals surface area contributed by atoms with Crippen LogP contribution in [0.5, 0.6) is 0 Å². The van der Waals surface area contributed by atoms with E-state index in [2.05, 4.69) is 63.7 Å². The zero-order chi connectivity index (χ0) is 31.2. The second-order valence-corrected chi connectivity index (χ2v) is 16.5. The Balaban J connectivity index is 1.82. The predicted molar refractivity (Wildman–Crippen MR) is 175 cm³/mol. The molecule has 3 fully saturated rings. The summed E-state index contributed by atoms with van der Waals surface area (Å²) in [7, 11) is 0. The Kier molecular flexibility index (Phi) is 9.47. The van der Waals surface area contributed by atoms with E-state index in [0.29, 0.717) is 19.5 Å². The lowest BCUT2D eigenvalue weighted by Crippen LogP contribution is -2.61. The predicted octanol–water partition coefficient (Wildman–Crippen LogP) is 5.28. The number of fused-ring (bicyclic) bond motifs is 1. The third-order valence-corrected chi connectivity index (χ3v) is 12.1. The van der Waals surface area contributed by atoms with E-state index in [4.69, 9.17) is 0 Å². The molecular formula is C33H46BrN3O4S. The lowest BCUT2D eigenvalue weighted by molar-refractivity contribution is -0.148. The maximum Gasteiger partial charge on any atom is 0.247 e. The average Bonchev–Trinajstić information content (AvgIpc) is 3.51. The standard InChI is InChI=1S/C33H46BrN3O4S/c1-9-16-35(22-14-12-11-13-15-22)28(39)24-25-29(40)37(21(3)19-38)27(33(25)18-23(34)26(24)42-33)30(41)36(17-10-2)32(7,8)20-31(4,5)6/h9-15,21,23-27,38H,1-2,16-20H2,3-8H3/t21-,23?,24-,25+,26-,27?,33?/m1/s1. The summed E-state index contributed by atoms with van der Waals surface area (Å²) in [5.41, 5.74) is 0.182. The molecule has 1 N–H and O–H groups in total. The molecule has 3 heterocycles. The first-order chi connectivity index (χ1) is 19.6. The maximum absolute atomic E-state index is 14.9. The first-order valence-electron chi connectivity index (χ1n) is 14.8. The van der Waals surface area contributed by atoms with E-state index in [0.717, 1.165) is 12.1 Å². The molecule has 9 heteroatoms. The number of carbonyl (C=O) groups excluding carboxylic acids is 3. The van der Waals surface area contributed by atoms with E-state index in [1.54, 1.807) is 40.6 Å². The van der Waals surface area contributed by atoms with Crippen LogP contribution < -0.4 is 4.90 Å². The van der Waals surface area contributed by atoms with Gasteiger partial charge in [0.25, 0.3) is 0 Å². The van der Waals surface area contributed by atoms with Gasteiger partial charge >= 0.3 is 0 Å². The van der Waals surface area contributed by atoms with E-state index in [9.17, 15) is 19.5 Å². The van der Waals surface area contributed by atoms with Crippen molar-refractivity contribution in [1.29, 1.82) is 0 Å². The van der Waals surface area contributed by atoms with Crippen LogP contribution in [0.3, 0.4) is 0 Å². The van der Waals surface area contributed by atoms with Crippen LogP contribution in [0.15, 0.2) is 55.6 Å². The van der Waals surface area contributed by atoms with Crippen molar-refractivity contribution in [2.75, 3.05) is 24.6 Å². The molecule has 3 aliphatic rings. The van der Waals surface area contributed by atoms with Gasteiger partial charge in [-0.1, -0.05) is 67.1 Å². The number of halogens is 1. The maximum atomic E-state index is 14.9. The van der Waals surface area contributed by atoms with Gasteiger partial charge in [-0.05, 0) is 51.2 Å². The summed E-state index contributed by atoms with van der Waals surface area (Å²) < 4.78 is -0.801. The Bertz CT molecular complexity index is 1220. The highest BCUT2D eigenvalue weighted by molar-refractivity contribution is 9.09. The molecule has 1 aromatic carbocycles. The van der Waals surface area contributed by atoms with E-state index in [-0.39, 0.29) is 39.8 Å². The van der Waals surface area contributed by atoms with Gasteiger partial charge in [0.15, 0.2) is 0 Å². The number of aliphatic hydroxyl groups is 1. The molecule has 3 aliphatic heterocycles. The molecule has 1 spiro atoms. The fourth-order valence-corrected chi connectivity index (χ4v) is 11.3. The van der Waals surface area contributed by atoms with Crippen molar-refractivity contribution in [2.45, 2.75) is 86.8 Å². The monoisotopic (exact) mass is 659 g/mol. The normalized spacial score (nSPS) is 29.3. The van der Waals surface area contributed by atoms with Crippen LogP contribution in [0.4, 0.5) is 5.69 Å². The fourth-order valence-electron chi connectivity index (χ4n) is 7.74. The SMILES string of the molecule is C=CCN(C(=O)[C@H]1[C@@H]2SC3(CC2Br)C(C(=O)N(CC=C)C(C)(C)CC(C)(C)C)N([C@H](C)CO)C(=O)[C@H]13)c1ccccc1. The van der Waals surface area contributed by atoms with Crippen LogP contribution in [-0.2, 0) is 14.4 Å². The van der Waals surface area contributed by atoms with Crippen molar-refractivity contribution in [1.82, 2.24) is 9.80 Å². The molecule has 0 aliphatic carbocycles. The third kappa shape index (κ3) is 5.61. The average molecular weight is 661 g/mol. The Morgan fingerprint density at radius 1 is 1.14 bits per heavy atom. The van der Waals surface area contributed by atoms with E-state index >= 15 is 0 Å². The molecule has 7 nitrogen and oxygen atoms in total. The zero-order valence-electron chi connectivity index (χ0n) is 25.8. The highest BCUT2D eigenvalue weighted by Gasteiger charge is 2.76. The molecule has 42 heavy (non-hydrogen) atoms. The quantitative estimate of drug-likeness (QED) is 0.258. The number of likely N-dealkylation sites (tertiary alicyclic amines) is 1. The highest BCUT2D eigenvalue weighted by Crippen LogP contribution is 2.68. The number of para-hydroxylation sites is 1. The number of alkyl halides is 1. The number of amides is 3. The van der Waals surface area contributed by atoms with Gasteiger partial charge in [0, 0.05) is 34.4 Å². The highest BCUT2D eigenvalue weighted by atomic mass is 79.9. The van der Waals surface area contributed by atoms with Crippen LogP contribution in [0, 0.1) is 17.3 Å². The number of hydrogen-bond acceptors (Lipinski definition) is 5. The molecule has 0 radical (unpaired) electrons. The molecular weight excluding hydrogens is 614 g/mol. The molecule has 3 saturated heterocycles. The van der Waals surface area contributed by atoms with Crippen LogP contribution >= 0.6 is 27.7 Å². The molecule has 0 aromatic heterocycles. The van der Waals surface area contributed by atoms with Gasteiger partial charge < -0.3 is 19.8 Å². The van der Waals surface area contributed by atoms with Crippen LogP contribution in [0.1, 0.15) is 54.4 Å². The summed E-state index contributed by atoms with van der Waals surface area (Å²) in [5.74, 6) is -1.80. The van der Waals surface area contributed by atoms with Gasteiger partial charge in [0.2, 0.25) is 17.7 Å². The van der Waals surface area contributed by atoms with Crippen LogP contribution in [0.2, 0.25) is 0 Å². The van der Waals surface area contributed by atoms with Crippen molar-refractivity contribution in [2.24, 2.45) is 17.3 Å². The Labute approximate surface area is 263 Å². The smallest absolute Gasteiger partial charge is 0.247 e. The number of carbonyl (C=O) groups is 3. The Hall–Kier alpha value is -2.10. The van der Waals surface area contributed by atoms with Crippen LogP contribution in [0.25, 0.3) is 0 Å². The zero-order valence-corrected chi connectivity index (χ0v) is 28.2. The topological polar surface area (TPSA) is 81.2 Å². The number of benzene rings is 1. The number of thioether (sulfide) groups is 1. The minimum absolute atomic E-state index is 0.0430. The first kappa shape index (κ1) is 32.8. The molecule has 3 unspecified atom stereocenters. The first-order valence-corrected chi connectivity index (χ1v) is 16.6. The summed E-state index contributed by atoms with van der Waals surface area (Å²) in [6, 6.07) is 8.05. The minimum Gasteiger partial charge on any atom is -0.394 e.